The molecule has 0 radical (unpaired) electrons. The first kappa shape index (κ1) is 23.7. The average Bonchev–Trinajstić information content (AvgIpc) is 2.45. The van der Waals surface area contributed by atoms with E-state index >= 15 is 0 Å². The largest absolute Gasteiger partial charge is 0.303 e. The van der Waals surface area contributed by atoms with Gasteiger partial charge in [0.25, 0.3) is 0 Å². The Labute approximate surface area is 153 Å². The first-order valence-corrected chi connectivity index (χ1v) is 10.6. The van der Waals surface area contributed by atoms with Crippen molar-refractivity contribution < 1.29 is 4.79 Å². The highest BCUT2D eigenvalue weighted by atomic mass is 16.1. The number of aldehydes is 1. The fourth-order valence-corrected chi connectivity index (χ4v) is 3.65. The SMILES string of the molecule is CCCCCCCCCC(CCCC(C=O)C(C)(C)C)C(C)(C)C. The summed E-state index contributed by atoms with van der Waals surface area (Å²) in [6, 6.07) is 0. The van der Waals surface area contributed by atoms with Crippen LogP contribution in [-0.4, -0.2) is 6.29 Å². The van der Waals surface area contributed by atoms with E-state index in [-0.39, 0.29) is 11.3 Å². The van der Waals surface area contributed by atoms with E-state index in [1.54, 1.807) is 0 Å². The van der Waals surface area contributed by atoms with Crippen molar-refractivity contribution in [3.8, 4) is 0 Å². The van der Waals surface area contributed by atoms with Gasteiger partial charge in [0.1, 0.15) is 6.29 Å². The third-order valence-corrected chi connectivity index (χ3v) is 5.73. The number of hydrogen-bond acceptors (Lipinski definition) is 1. The van der Waals surface area contributed by atoms with Gasteiger partial charge in [-0.2, -0.15) is 0 Å². The van der Waals surface area contributed by atoms with Crippen LogP contribution < -0.4 is 0 Å². The Bertz CT molecular complexity index is 305. The minimum atomic E-state index is 0.109. The molecule has 2 atom stereocenters. The van der Waals surface area contributed by atoms with Crippen molar-refractivity contribution in [3.63, 3.8) is 0 Å². The predicted octanol–water partition coefficient (Wildman–Crippen LogP) is 7.82. The van der Waals surface area contributed by atoms with Crippen LogP contribution in [0.3, 0.4) is 0 Å². The maximum absolute atomic E-state index is 11.3. The molecule has 0 aliphatic heterocycles. The smallest absolute Gasteiger partial charge is 0.123 e. The highest BCUT2D eigenvalue weighted by molar-refractivity contribution is 5.54. The van der Waals surface area contributed by atoms with E-state index in [0.29, 0.717) is 5.41 Å². The van der Waals surface area contributed by atoms with Crippen LogP contribution in [0.15, 0.2) is 0 Å². The number of carbonyl (C=O) groups is 1. The van der Waals surface area contributed by atoms with E-state index < -0.39 is 0 Å². The Morgan fingerprint density at radius 3 is 1.62 bits per heavy atom. The lowest BCUT2D eigenvalue weighted by atomic mass is 9.73. The summed E-state index contributed by atoms with van der Waals surface area (Å²) in [5, 5.41) is 0. The van der Waals surface area contributed by atoms with Crippen molar-refractivity contribution in [2.75, 3.05) is 0 Å². The van der Waals surface area contributed by atoms with E-state index in [1.807, 2.05) is 0 Å². The second-order valence-corrected chi connectivity index (χ2v) is 10.0. The molecule has 0 aromatic carbocycles. The zero-order valence-electron chi connectivity index (χ0n) is 17.9. The molecule has 0 aromatic heterocycles. The molecule has 144 valence electrons. The van der Waals surface area contributed by atoms with Crippen LogP contribution in [0.2, 0.25) is 0 Å². The van der Waals surface area contributed by atoms with E-state index in [2.05, 4.69) is 48.5 Å². The van der Waals surface area contributed by atoms with Crippen molar-refractivity contribution in [1.82, 2.24) is 0 Å². The summed E-state index contributed by atoms with van der Waals surface area (Å²) in [5.41, 5.74) is 0.498. The monoisotopic (exact) mass is 338 g/mol. The maximum Gasteiger partial charge on any atom is 0.123 e. The number of rotatable bonds is 13. The lowest BCUT2D eigenvalue weighted by molar-refractivity contribution is -0.114. The van der Waals surface area contributed by atoms with E-state index in [9.17, 15) is 4.79 Å². The maximum atomic E-state index is 11.3. The van der Waals surface area contributed by atoms with Gasteiger partial charge in [-0.05, 0) is 36.0 Å². The standard InChI is InChI=1S/C23H46O/c1-8-9-10-11-12-13-14-16-20(22(2,3)4)17-15-18-21(19-24)23(5,6)7/h19-21H,8-18H2,1-7H3. The first-order chi connectivity index (χ1) is 11.1. The lowest BCUT2D eigenvalue weighted by Gasteiger charge is -2.32. The number of hydrogen-bond donors (Lipinski definition) is 0. The molecule has 0 aromatic rings. The molecule has 0 N–H and O–H groups in total. The minimum Gasteiger partial charge on any atom is -0.303 e. The second kappa shape index (κ2) is 12.1. The molecule has 1 nitrogen and oxygen atoms in total. The third-order valence-electron chi connectivity index (χ3n) is 5.73. The molecule has 0 saturated carbocycles. The summed E-state index contributed by atoms with van der Waals surface area (Å²) in [6.45, 7) is 16.0. The molecule has 0 spiro atoms. The lowest BCUT2D eigenvalue weighted by Crippen LogP contribution is -2.24. The molecule has 0 bridgehead atoms. The van der Waals surface area contributed by atoms with Gasteiger partial charge in [0.05, 0.1) is 0 Å². The van der Waals surface area contributed by atoms with Gasteiger partial charge >= 0.3 is 0 Å². The fourth-order valence-electron chi connectivity index (χ4n) is 3.65. The Hall–Kier alpha value is -0.330. The zero-order valence-corrected chi connectivity index (χ0v) is 17.9. The molecule has 2 unspecified atom stereocenters. The molecule has 0 fully saturated rings. The molecular formula is C23H46O. The molecule has 1 heteroatoms. The van der Waals surface area contributed by atoms with Crippen molar-refractivity contribution in [3.05, 3.63) is 0 Å². The summed E-state index contributed by atoms with van der Waals surface area (Å²) in [4.78, 5) is 11.3. The van der Waals surface area contributed by atoms with Gasteiger partial charge in [-0.15, -0.1) is 0 Å². The highest BCUT2D eigenvalue weighted by Crippen LogP contribution is 2.36. The normalized spacial score (nSPS) is 15.3. The third kappa shape index (κ3) is 11.3. The molecule has 0 aliphatic rings. The topological polar surface area (TPSA) is 17.1 Å². The summed E-state index contributed by atoms with van der Waals surface area (Å²) in [7, 11) is 0. The van der Waals surface area contributed by atoms with Gasteiger partial charge in [-0.1, -0.05) is 99.8 Å². The molecule has 0 aliphatic carbocycles. The van der Waals surface area contributed by atoms with Gasteiger partial charge in [0, 0.05) is 5.92 Å². The van der Waals surface area contributed by atoms with Crippen LogP contribution in [0.4, 0.5) is 0 Å². The molecule has 0 rings (SSSR count). The van der Waals surface area contributed by atoms with Crippen molar-refractivity contribution >= 4 is 6.29 Å². The molecular weight excluding hydrogens is 292 g/mol. The van der Waals surface area contributed by atoms with Crippen LogP contribution in [0.1, 0.15) is 119 Å². The first-order valence-electron chi connectivity index (χ1n) is 10.6. The van der Waals surface area contributed by atoms with Gasteiger partial charge in [0.15, 0.2) is 0 Å². The van der Waals surface area contributed by atoms with Crippen LogP contribution in [0, 0.1) is 22.7 Å². The van der Waals surface area contributed by atoms with Crippen molar-refractivity contribution in [2.45, 2.75) is 119 Å². The Kier molecular flexibility index (Phi) is 11.9. The van der Waals surface area contributed by atoms with Crippen LogP contribution >= 0.6 is 0 Å². The van der Waals surface area contributed by atoms with Crippen molar-refractivity contribution in [2.24, 2.45) is 22.7 Å². The highest BCUT2D eigenvalue weighted by Gasteiger charge is 2.26. The van der Waals surface area contributed by atoms with E-state index in [1.165, 1.54) is 70.5 Å². The Morgan fingerprint density at radius 2 is 1.17 bits per heavy atom. The van der Waals surface area contributed by atoms with Crippen LogP contribution in [0.5, 0.6) is 0 Å². The summed E-state index contributed by atoms with van der Waals surface area (Å²) < 4.78 is 0. The quantitative estimate of drug-likeness (QED) is 0.247. The van der Waals surface area contributed by atoms with Gasteiger partial charge in [-0.25, -0.2) is 0 Å². The van der Waals surface area contributed by atoms with Crippen molar-refractivity contribution in [1.29, 1.82) is 0 Å². The van der Waals surface area contributed by atoms with Gasteiger partial charge in [-0.3, -0.25) is 0 Å². The zero-order chi connectivity index (χ0) is 18.6. The Balaban J connectivity index is 4.13. The second-order valence-electron chi connectivity index (χ2n) is 10.0. The van der Waals surface area contributed by atoms with Gasteiger partial charge in [0.2, 0.25) is 0 Å². The average molecular weight is 339 g/mol. The van der Waals surface area contributed by atoms with Crippen LogP contribution in [0.25, 0.3) is 0 Å². The summed E-state index contributed by atoms with van der Waals surface area (Å²) >= 11 is 0. The molecule has 24 heavy (non-hydrogen) atoms. The Morgan fingerprint density at radius 1 is 0.667 bits per heavy atom. The minimum absolute atomic E-state index is 0.109. The predicted molar refractivity (Wildman–Crippen MR) is 108 cm³/mol. The summed E-state index contributed by atoms with van der Waals surface area (Å²) in [5.74, 6) is 0.997. The fraction of sp³-hybridized carbons (Fsp3) is 0.957. The van der Waals surface area contributed by atoms with Crippen LogP contribution in [-0.2, 0) is 4.79 Å². The number of carbonyl (C=O) groups excluding carboxylic acids is 1. The molecule has 0 amide bonds. The van der Waals surface area contributed by atoms with Gasteiger partial charge < -0.3 is 4.79 Å². The number of unbranched alkanes of at least 4 members (excludes halogenated alkanes) is 6. The van der Waals surface area contributed by atoms with E-state index in [4.69, 9.17) is 0 Å². The van der Waals surface area contributed by atoms with E-state index in [0.717, 1.165) is 12.3 Å². The summed E-state index contributed by atoms with van der Waals surface area (Å²) in [6.07, 6.45) is 15.8. The molecule has 0 heterocycles. The molecule has 0 saturated heterocycles.